The Balaban J connectivity index is 1.77. The van der Waals surface area contributed by atoms with Crippen molar-refractivity contribution in [1.29, 1.82) is 0 Å². The highest BCUT2D eigenvalue weighted by atomic mass is 32.1. The van der Waals surface area contributed by atoms with Crippen LogP contribution in [0, 0.1) is 11.3 Å². The van der Waals surface area contributed by atoms with Crippen LogP contribution in [-0.4, -0.2) is 44.0 Å². The van der Waals surface area contributed by atoms with Crippen molar-refractivity contribution in [2.24, 2.45) is 11.3 Å². The SMILES string of the molecule is COCC1CCCN(CC2(CS)CC2)C1. The lowest BCUT2D eigenvalue weighted by atomic mass is 9.97. The molecule has 3 heteroatoms. The molecule has 0 N–H and O–H groups in total. The van der Waals surface area contributed by atoms with Crippen molar-refractivity contribution in [2.45, 2.75) is 25.7 Å². The molecule has 1 aliphatic carbocycles. The van der Waals surface area contributed by atoms with Gasteiger partial charge in [0.2, 0.25) is 0 Å². The normalized spacial score (nSPS) is 30.4. The summed E-state index contributed by atoms with van der Waals surface area (Å²) in [5.74, 6) is 1.83. The van der Waals surface area contributed by atoms with Crippen molar-refractivity contribution in [2.75, 3.05) is 39.1 Å². The average molecular weight is 229 g/mol. The van der Waals surface area contributed by atoms with Gasteiger partial charge in [0, 0.05) is 20.2 Å². The highest BCUT2D eigenvalue weighted by Crippen LogP contribution is 2.47. The molecule has 15 heavy (non-hydrogen) atoms. The molecule has 2 rings (SSSR count). The first kappa shape index (κ1) is 11.7. The summed E-state index contributed by atoms with van der Waals surface area (Å²) in [4.78, 5) is 2.64. The van der Waals surface area contributed by atoms with Gasteiger partial charge in [-0.25, -0.2) is 0 Å². The Morgan fingerprint density at radius 3 is 2.87 bits per heavy atom. The smallest absolute Gasteiger partial charge is 0.0502 e. The van der Waals surface area contributed by atoms with Crippen LogP contribution >= 0.6 is 12.6 Å². The van der Waals surface area contributed by atoms with Crippen molar-refractivity contribution in [3.63, 3.8) is 0 Å². The van der Waals surface area contributed by atoms with E-state index in [-0.39, 0.29) is 0 Å². The van der Waals surface area contributed by atoms with Gasteiger partial charge in [-0.15, -0.1) is 0 Å². The maximum Gasteiger partial charge on any atom is 0.0502 e. The Hall–Kier alpha value is 0.270. The highest BCUT2D eigenvalue weighted by Gasteiger charge is 2.42. The van der Waals surface area contributed by atoms with E-state index in [1.54, 1.807) is 0 Å². The number of likely N-dealkylation sites (tertiary alicyclic amines) is 1. The highest BCUT2D eigenvalue weighted by molar-refractivity contribution is 7.80. The van der Waals surface area contributed by atoms with Gasteiger partial charge in [0.15, 0.2) is 0 Å². The molecule has 2 aliphatic rings. The number of hydrogen-bond acceptors (Lipinski definition) is 3. The van der Waals surface area contributed by atoms with Crippen LogP contribution in [0.5, 0.6) is 0 Å². The van der Waals surface area contributed by atoms with E-state index in [9.17, 15) is 0 Å². The Morgan fingerprint density at radius 2 is 2.27 bits per heavy atom. The van der Waals surface area contributed by atoms with Crippen LogP contribution in [0.2, 0.25) is 0 Å². The van der Waals surface area contributed by atoms with Crippen LogP contribution in [0.1, 0.15) is 25.7 Å². The van der Waals surface area contributed by atoms with Gasteiger partial charge < -0.3 is 9.64 Å². The summed E-state index contributed by atoms with van der Waals surface area (Å²) >= 11 is 4.48. The molecule has 88 valence electrons. The summed E-state index contributed by atoms with van der Waals surface area (Å²) in [5, 5.41) is 0. The van der Waals surface area contributed by atoms with Gasteiger partial charge in [0.1, 0.15) is 0 Å². The molecule has 2 nitrogen and oxygen atoms in total. The van der Waals surface area contributed by atoms with Crippen LogP contribution in [0.15, 0.2) is 0 Å². The minimum atomic E-state index is 0.581. The van der Waals surface area contributed by atoms with Crippen LogP contribution in [0.3, 0.4) is 0 Å². The van der Waals surface area contributed by atoms with E-state index in [1.165, 1.54) is 45.3 Å². The molecule has 1 unspecified atom stereocenters. The minimum absolute atomic E-state index is 0.581. The molecule has 1 saturated heterocycles. The molecule has 1 aliphatic heterocycles. The summed E-state index contributed by atoms with van der Waals surface area (Å²) < 4.78 is 5.26. The molecule has 0 radical (unpaired) electrons. The third-order valence-corrected chi connectivity index (χ3v) is 4.53. The standard InChI is InChI=1S/C12H23NOS/c1-14-8-11-3-2-6-13(7-11)9-12(10-15)4-5-12/h11,15H,2-10H2,1H3. The maximum atomic E-state index is 5.26. The lowest BCUT2D eigenvalue weighted by Crippen LogP contribution is -2.40. The number of hydrogen-bond donors (Lipinski definition) is 1. The molecule has 0 spiro atoms. The van der Waals surface area contributed by atoms with Gasteiger partial charge in [-0.05, 0) is 49.3 Å². The second-order valence-corrected chi connectivity index (χ2v) is 5.67. The van der Waals surface area contributed by atoms with Crippen molar-refractivity contribution in [3.8, 4) is 0 Å². The summed E-state index contributed by atoms with van der Waals surface area (Å²) in [5.41, 5.74) is 0.581. The largest absolute Gasteiger partial charge is 0.384 e. The fourth-order valence-electron chi connectivity index (χ4n) is 2.68. The van der Waals surface area contributed by atoms with Gasteiger partial charge in [-0.3, -0.25) is 0 Å². The zero-order valence-electron chi connectivity index (χ0n) is 9.74. The first-order valence-corrected chi connectivity index (χ1v) is 6.73. The molecule has 0 aromatic rings. The molecule has 0 aromatic carbocycles. The minimum Gasteiger partial charge on any atom is -0.384 e. The van der Waals surface area contributed by atoms with Crippen molar-refractivity contribution in [3.05, 3.63) is 0 Å². The summed E-state index contributed by atoms with van der Waals surface area (Å²) in [6.45, 7) is 4.74. The first-order valence-electron chi connectivity index (χ1n) is 6.10. The predicted molar refractivity (Wildman–Crippen MR) is 66.6 cm³/mol. The maximum absolute atomic E-state index is 5.26. The number of ether oxygens (including phenoxy) is 1. The third kappa shape index (κ3) is 3.11. The molecular weight excluding hydrogens is 206 g/mol. The van der Waals surface area contributed by atoms with E-state index in [2.05, 4.69) is 17.5 Å². The van der Waals surface area contributed by atoms with E-state index in [0.717, 1.165) is 18.3 Å². The monoisotopic (exact) mass is 229 g/mol. The van der Waals surface area contributed by atoms with Gasteiger partial charge >= 0.3 is 0 Å². The molecule has 0 aromatic heterocycles. The van der Waals surface area contributed by atoms with Crippen molar-refractivity contribution >= 4 is 12.6 Å². The fourth-order valence-corrected chi connectivity index (χ4v) is 3.10. The number of nitrogens with zero attached hydrogens (tertiary/aromatic N) is 1. The number of rotatable bonds is 5. The van der Waals surface area contributed by atoms with Gasteiger partial charge in [0.05, 0.1) is 6.61 Å². The number of piperidine rings is 1. The molecule has 2 fully saturated rings. The van der Waals surface area contributed by atoms with Crippen LogP contribution < -0.4 is 0 Å². The number of methoxy groups -OCH3 is 1. The molecule has 1 saturated carbocycles. The van der Waals surface area contributed by atoms with Crippen LogP contribution in [-0.2, 0) is 4.74 Å². The van der Waals surface area contributed by atoms with Gasteiger partial charge in [-0.1, -0.05) is 0 Å². The Labute approximate surface area is 98.8 Å². The summed E-state index contributed by atoms with van der Waals surface area (Å²) in [6, 6.07) is 0. The molecule has 0 amide bonds. The van der Waals surface area contributed by atoms with E-state index < -0.39 is 0 Å². The Bertz CT molecular complexity index is 204. The van der Waals surface area contributed by atoms with Crippen LogP contribution in [0.4, 0.5) is 0 Å². The second kappa shape index (κ2) is 5.07. The lowest BCUT2D eigenvalue weighted by molar-refractivity contribution is 0.0822. The molecule has 0 bridgehead atoms. The van der Waals surface area contributed by atoms with Crippen LogP contribution in [0.25, 0.3) is 0 Å². The molecule has 1 heterocycles. The second-order valence-electron chi connectivity index (χ2n) is 5.36. The van der Waals surface area contributed by atoms with Crippen molar-refractivity contribution < 1.29 is 4.74 Å². The van der Waals surface area contributed by atoms with E-state index in [0.29, 0.717) is 5.41 Å². The first-order chi connectivity index (χ1) is 7.28. The lowest BCUT2D eigenvalue weighted by Gasteiger charge is -2.34. The van der Waals surface area contributed by atoms with E-state index >= 15 is 0 Å². The van der Waals surface area contributed by atoms with Crippen molar-refractivity contribution in [1.82, 2.24) is 4.90 Å². The predicted octanol–water partition coefficient (Wildman–Crippen LogP) is 2.05. The quantitative estimate of drug-likeness (QED) is 0.725. The fraction of sp³-hybridized carbons (Fsp3) is 1.00. The van der Waals surface area contributed by atoms with E-state index in [1.807, 2.05) is 7.11 Å². The van der Waals surface area contributed by atoms with Gasteiger partial charge in [-0.2, -0.15) is 12.6 Å². The average Bonchev–Trinajstić information content (AvgIpc) is 3.00. The summed E-state index contributed by atoms with van der Waals surface area (Å²) in [7, 11) is 1.81. The summed E-state index contributed by atoms with van der Waals surface area (Å²) in [6.07, 6.45) is 5.47. The van der Waals surface area contributed by atoms with Gasteiger partial charge in [0.25, 0.3) is 0 Å². The topological polar surface area (TPSA) is 12.5 Å². The Kier molecular flexibility index (Phi) is 3.97. The Morgan fingerprint density at radius 1 is 1.47 bits per heavy atom. The third-order valence-electron chi connectivity index (χ3n) is 3.86. The molecular formula is C12H23NOS. The zero-order chi connectivity index (χ0) is 10.7. The molecule has 1 atom stereocenters. The zero-order valence-corrected chi connectivity index (χ0v) is 10.6. The van der Waals surface area contributed by atoms with E-state index in [4.69, 9.17) is 4.74 Å². The number of thiol groups is 1.